The fraction of sp³-hybridized carbons (Fsp3) is 0.455. The molecular weight excluding hydrogens is 319 g/mol. The Labute approximate surface area is 108 Å². The summed E-state index contributed by atoms with van der Waals surface area (Å²) >= 11 is 2.21. The molecular formula is C11H13IN2O2. The van der Waals surface area contributed by atoms with E-state index in [1.165, 1.54) is 0 Å². The number of aldehydes is 1. The Bertz CT molecular complexity index is 369. The number of carbonyl (C=O) groups excluding carboxylic acids is 1. The fourth-order valence-electron chi connectivity index (χ4n) is 1.73. The molecule has 2 atom stereocenters. The standard InChI is InChI=1S/C11H13IN2O2/c1-8-5-14(10(6-15)7-16-8)11-3-2-9(12)4-13-11/h2-4,6,8,10H,5,7H2,1H3. The van der Waals surface area contributed by atoms with Gasteiger partial charge in [-0.25, -0.2) is 4.98 Å². The number of aromatic nitrogens is 1. The van der Waals surface area contributed by atoms with Gasteiger partial charge in [0.25, 0.3) is 0 Å². The molecule has 5 heteroatoms. The first kappa shape index (κ1) is 11.8. The lowest BCUT2D eigenvalue weighted by atomic mass is 10.2. The Morgan fingerprint density at radius 2 is 2.44 bits per heavy atom. The van der Waals surface area contributed by atoms with Crippen LogP contribution in [0.5, 0.6) is 0 Å². The molecule has 0 aromatic carbocycles. The van der Waals surface area contributed by atoms with E-state index in [2.05, 4.69) is 27.6 Å². The van der Waals surface area contributed by atoms with Crippen LogP contribution >= 0.6 is 22.6 Å². The Hall–Kier alpha value is -0.690. The molecule has 0 N–H and O–H groups in total. The third-order valence-electron chi connectivity index (χ3n) is 2.57. The van der Waals surface area contributed by atoms with Crippen LogP contribution in [0.4, 0.5) is 5.82 Å². The first-order valence-electron chi connectivity index (χ1n) is 5.16. The third-order valence-corrected chi connectivity index (χ3v) is 3.21. The molecule has 1 aromatic rings. The summed E-state index contributed by atoms with van der Waals surface area (Å²) in [5.74, 6) is 0.840. The number of pyridine rings is 1. The maximum atomic E-state index is 11.0. The Morgan fingerprint density at radius 1 is 1.62 bits per heavy atom. The second-order valence-electron chi connectivity index (χ2n) is 3.83. The molecule has 2 unspecified atom stereocenters. The van der Waals surface area contributed by atoms with Gasteiger partial charge in [-0.2, -0.15) is 0 Å². The van der Waals surface area contributed by atoms with Gasteiger partial charge in [-0.1, -0.05) is 0 Å². The SMILES string of the molecule is CC1CN(c2ccc(I)cn2)C(C=O)CO1. The number of anilines is 1. The van der Waals surface area contributed by atoms with Crippen molar-refractivity contribution in [3.05, 3.63) is 21.9 Å². The summed E-state index contributed by atoms with van der Waals surface area (Å²) in [7, 11) is 0. The number of carbonyl (C=O) groups is 1. The number of ether oxygens (including phenoxy) is 1. The van der Waals surface area contributed by atoms with E-state index in [4.69, 9.17) is 4.74 Å². The fourth-order valence-corrected chi connectivity index (χ4v) is 2.05. The molecule has 0 spiro atoms. The summed E-state index contributed by atoms with van der Waals surface area (Å²) in [4.78, 5) is 17.3. The van der Waals surface area contributed by atoms with Crippen molar-refractivity contribution < 1.29 is 9.53 Å². The van der Waals surface area contributed by atoms with Gasteiger partial charge in [0.1, 0.15) is 18.1 Å². The number of hydrogen-bond donors (Lipinski definition) is 0. The minimum atomic E-state index is -0.219. The molecule has 16 heavy (non-hydrogen) atoms. The van der Waals surface area contributed by atoms with Gasteiger partial charge in [-0.05, 0) is 41.6 Å². The van der Waals surface area contributed by atoms with Gasteiger partial charge in [-0.15, -0.1) is 0 Å². The summed E-state index contributed by atoms with van der Waals surface area (Å²) in [6, 6.07) is 3.71. The van der Waals surface area contributed by atoms with Crippen molar-refractivity contribution in [2.75, 3.05) is 18.1 Å². The molecule has 1 aliphatic rings. The van der Waals surface area contributed by atoms with Crippen LogP contribution in [-0.2, 0) is 9.53 Å². The van der Waals surface area contributed by atoms with Gasteiger partial charge in [0.15, 0.2) is 0 Å². The van der Waals surface area contributed by atoms with Crippen molar-refractivity contribution in [3.63, 3.8) is 0 Å². The maximum absolute atomic E-state index is 11.0. The lowest BCUT2D eigenvalue weighted by molar-refractivity contribution is -0.111. The summed E-state index contributed by atoms with van der Waals surface area (Å²) in [6.45, 7) is 3.15. The van der Waals surface area contributed by atoms with Gasteiger partial charge in [0.2, 0.25) is 0 Å². The average Bonchev–Trinajstić information content (AvgIpc) is 2.30. The number of hydrogen-bond acceptors (Lipinski definition) is 4. The summed E-state index contributed by atoms with van der Waals surface area (Å²) in [5, 5.41) is 0. The smallest absolute Gasteiger partial charge is 0.144 e. The van der Waals surface area contributed by atoms with Gasteiger partial charge in [-0.3, -0.25) is 0 Å². The third kappa shape index (κ3) is 2.52. The molecule has 4 nitrogen and oxygen atoms in total. The monoisotopic (exact) mass is 332 g/mol. The lowest BCUT2D eigenvalue weighted by Gasteiger charge is -2.36. The van der Waals surface area contributed by atoms with Crippen molar-refractivity contribution >= 4 is 34.7 Å². The van der Waals surface area contributed by atoms with E-state index in [-0.39, 0.29) is 12.1 Å². The molecule has 2 heterocycles. The summed E-state index contributed by atoms with van der Waals surface area (Å²) in [5.41, 5.74) is 0. The molecule has 86 valence electrons. The van der Waals surface area contributed by atoms with Crippen LogP contribution in [0, 0.1) is 3.57 Å². The summed E-state index contributed by atoms with van der Waals surface area (Å²) < 4.78 is 6.54. The molecule has 1 aromatic heterocycles. The predicted octanol–water partition coefficient (Wildman–Crippen LogP) is 1.48. The molecule has 0 saturated carbocycles. The van der Waals surface area contributed by atoms with Crippen LogP contribution in [0.2, 0.25) is 0 Å². The first-order valence-corrected chi connectivity index (χ1v) is 6.23. The zero-order valence-corrected chi connectivity index (χ0v) is 11.1. The molecule has 1 fully saturated rings. The Balaban J connectivity index is 2.22. The van der Waals surface area contributed by atoms with Crippen LogP contribution in [-0.4, -0.2) is 36.6 Å². The lowest BCUT2D eigenvalue weighted by Crippen LogP contribution is -2.50. The van der Waals surface area contributed by atoms with E-state index in [1.807, 2.05) is 24.0 Å². The first-order chi connectivity index (χ1) is 7.70. The number of morpholine rings is 1. The number of halogens is 1. The van der Waals surface area contributed by atoms with Gasteiger partial charge < -0.3 is 14.4 Å². The van der Waals surface area contributed by atoms with Gasteiger partial charge in [0.05, 0.1) is 12.7 Å². The van der Waals surface area contributed by atoms with Gasteiger partial charge in [0, 0.05) is 16.3 Å². The quantitative estimate of drug-likeness (QED) is 0.608. The molecule has 1 saturated heterocycles. The Morgan fingerprint density at radius 3 is 3.06 bits per heavy atom. The van der Waals surface area contributed by atoms with Gasteiger partial charge >= 0.3 is 0 Å². The molecule has 2 rings (SSSR count). The molecule has 0 aliphatic carbocycles. The van der Waals surface area contributed by atoms with E-state index in [9.17, 15) is 4.79 Å². The highest BCUT2D eigenvalue weighted by Crippen LogP contribution is 2.19. The van der Waals surface area contributed by atoms with Crippen molar-refractivity contribution in [3.8, 4) is 0 Å². The largest absolute Gasteiger partial charge is 0.374 e. The topological polar surface area (TPSA) is 42.4 Å². The predicted molar refractivity (Wildman–Crippen MR) is 69.6 cm³/mol. The van der Waals surface area contributed by atoms with Crippen LogP contribution in [0.25, 0.3) is 0 Å². The Kier molecular flexibility index (Phi) is 3.75. The molecule has 0 amide bonds. The highest BCUT2D eigenvalue weighted by molar-refractivity contribution is 14.1. The van der Waals surface area contributed by atoms with Crippen molar-refractivity contribution in [2.45, 2.75) is 19.1 Å². The molecule has 0 radical (unpaired) electrons. The minimum absolute atomic E-state index is 0.136. The second-order valence-corrected chi connectivity index (χ2v) is 5.08. The normalized spacial score (nSPS) is 25.5. The van der Waals surface area contributed by atoms with Crippen LogP contribution in [0.1, 0.15) is 6.92 Å². The minimum Gasteiger partial charge on any atom is -0.374 e. The average molecular weight is 332 g/mol. The van der Waals surface area contributed by atoms with Crippen molar-refractivity contribution in [1.82, 2.24) is 4.98 Å². The highest BCUT2D eigenvalue weighted by atomic mass is 127. The van der Waals surface area contributed by atoms with Crippen molar-refractivity contribution in [1.29, 1.82) is 0 Å². The van der Waals surface area contributed by atoms with Crippen molar-refractivity contribution in [2.24, 2.45) is 0 Å². The zero-order chi connectivity index (χ0) is 11.5. The van der Waals surface area contributed by atoms with E-state index >= 15 is 0 Å². The number of nitrogens with zero attached hydrogens (tertiary/aromatic N) is 2. The van der Waals surface area contributed by atoms with Crippen LogP contribution in [0.15, 0.2) is 18.3 Å². The van der Waals surface area contributed by atoms with Crippen LogP contribution < -0.4 is 4.90 Å². The molecule has 0 bridgehead atoms. The van der Waals surface area contributed by atoms with E-state index in [1.54, 1.807) is 6.20 Å². The van der Waals surface area contributed by atoms with E-state index in [0.717, 1.165) is 15.7 Å². The highest BCUT2D eigenvalue weighted by Gasteiger charge is 2.27. The number of rotatable bonds is 2. The van der Waals surface area contributed by atoms with Crippen LogP contribution in [0.3, 0.4) is 0 Å². The maximum Gasteiger partial charge on any atom is 0.144 e. The molecule has 1 aliphatic heterocycles. The second kappa shape index (κ2) is 5.09. The summed E-state index contributed by atoms with van der Waals surface area (Å²) in [6.07, 6.45) is 2.86. The van der Waals surface area contributed by atoms with E-state index < -0.39 is 0 Å². The zero-order valence-electron chi connectivity index (χ0n) is 8.97. The van der Waals surface area contributed by atoms with E-state index in [0.29, 0.717) is 13.2 Å².